The van der Waals surface area contributed by atoms with Gasteiger partial charge in [0.2, 0.25) is 0 Å². The highest BCUT2D eigenvalue weighted by Crippen LogP contribution is 2.32. The van der Waals surface area contributed by atoms with E-state index in [1.54, 1.807) is 24.3 Å². The van der Waals surface area contributed by atoms with E-state index in [0.717, 1.165) is 26.1 Å². The summed E-state index contributed by atoms with van der Waals surface area (Å²) in [5.74, 6) is 0.492. The number of piperidine rings is 1. The lowest BCUT2D eigenvalue weighted by molar-refractivity contribution is 0.0631. The van der Waals surface area contributed by atoms with Gasteiger partial charge in [0.05, 0.1) is 0 Å². The molecular formula is C17H20N4O3. The Morgan fingerprint density at radius 2 is 2.00 bits per heavy atom. The zero-order chi connectivity index (χ0) is 16.7. The summed E-state index contributed by atoms with van der Waals surface area (Å²) in [5, 5.41) is 3.66. The summed E-state index contributed by atoms with van der Waals surface area (Å²) in [6.45, 7) is 2.91. The van der Waals surface area contributed by atoms with Crippen LogP contribution >= 0.6 is 0 Å². The molecule has 0 spiro atoms. The average Bonchev–Trinajstić information content (AvgIpc) is 3.20. The SMILES string of the molecule is CN1CC[C@@H]2CCN(C(=O)c3ccc(-c4noc(=O)[nH]4)cc3)[C@@H]2C1. The molecule has 2 aromatic rings. The molecule has 126 valence electrons. The van der Waals surface area contributed by atoms with Gasteiger partial charge in [-0.15, -0.1) is 0 Å². The molecule has 0 bridgehead atoms. The van der Waals surface area contributed by atoms with Crippen molar-refractivity contribution >= 4 is 5.91 Å². The Bertz CT molecular complexity index is 795. The van der Waals surface area contributed by atoms with Crippen LogP contribution in [0.5, 0.6) is 0 Å². The first kappa shape index (κ1) is 15.1. The van der Waals surface area contributed by atoms with Crippen LogP contribution in [0, 0.1) is 5.92 Å². The number of H-pyrrole nitrogens is 1. The van der Waals surface area contributed by atoms with Gasteiger partial charge in [-0.1, -0.05) is 17.3 Å². The predicted octanol–water partition coefficient (Wildman–Crippen LogP) is 1.20. The Morgan fingerprint density at radius 1 is 1.25 bits per heavy atom. The predicted molar refractivity (Wildman–Crippen MR) is 87.6 cm³/mol. The maximum Gasteiger partial charge on any atom is 0.439 e. The van der Waals surface area contributed by atoms with E-state index in [9.17, 15) is 9.59 Å². The zero-order valence-electron chi connectivity index (χ0n) is 13.6. The van der Waals surface area contributed by atoms with Crippen molar-refractivity contribution in [2.75, 3.05) is 26.7 Å². The molecule has 1 N–H and O–H groups in total. The van der Waals surface area contributed by atoms with Crippen molar-refractivity contribution < 1.29 is 9.32 Å². The van der Waals surface area contributed by atoms with Gasteiger partial charge < -0.3 is 9.80 Å². The lowest BCUT2D eigenvalue weighted by Crippen LogP contribution is -2.48. The Hall–Kier alpha value is -2.41. The van der Waals surface area contributed by atoms with Gasteiger partial charge in [-0.3, -0.25) is 14.3 Å². The van der Waals surface area contributed by atoms with Crippen LogP contribution in [-0.2, 0) is 0 Å². The number of hydrogen-bond acceptors (Lipinski definition) is 5. The Kier molecular flexibility index (Phi) is 3.72. The summed E-state index contributed by atoms with van der Waals surface area (Å²) in [4.78, 5) is 30.7. The molecule has 1 aromatic carbocycles. The monoisotopic (exact) mass is 328 g/mol. The topological polar surface area (TPSA) is 82.4 Å². The molecule has 2 saturated heterocycles. The van der Waals surface area contributed by atoms with E-state index in [0.29, 0.717) is 28.9 Å². The number of benzene rings is 1. The Morgan fingerprint density at radius 3 is 2.71 bits per heavy atom. The molecule has 0 radical (unpaired) electrons. The van der Waals surface area contributed by atoms with E-state index < -0.39 is 5.76 Å². The maximum atomic E-state index is 12.9. The van der Waals surface area contributed by atoms with Gasteiger partial charge in [0, 0.05) is 30.3 Å². The average molecular weight is 328 g/mol. The van der Waals surface area contributed by atoms with Crippen LogP contribution in [0.1, 0.15) is 23.2 Å². The summed E-state index contributed by atoms with van der Waals surface area (Å²) in [7, 11) is 2.12. The Labute approximate surface area is 139 Å². The molecular weight excluding hydrogens is 308 g/mol. The van der Waals surface area contributed by atoms with Crippen LogP contribution in [0.15, 0.2) is 33.6 Å². The standard InChI is InChI=1S/C17H20N4O3/c1-20-8-6-11-7-9-21(14(11)10-20)16(22)13-4-2-12(3-5-13)15-18-17(23)24-19-15/h2-5,11,14H,6-10H2,1H3,(H,18,19,23)/t11-,14-/m1/s1. The summed E-state index contributed by atoms with van der Waals surface area (Å²) in [6.07, 6.45) is 2.27. The number of hydrogen-bond donors (Lipinski definition) is 1. The molecule has 2 aliphatic rings. The van der Waals surface area contributed by atoms with Crippen LogP contribution in [0.25, 0.3) is 11.4 Å². The van der Waals surface area contributed by atoms with E-state index in [2.05, 4.69) is 26.6 Å². The van der Waals surface area contributed by atoms with Crippen LogP contribution in [0.2, 0.25) is 0 Å². The fraction of sp³-hybridized carbons (Fsp3) is 0.471. The molecule has 2 atom stereocenters. The number of nitrogens with one attached hydrogen (secondary N) is 1. The van der Waals surface area contributed by atoms with Crippen molar-refractivity contribution in [3.8, 4) is 11.4 Å². The minimum atomic E-state index is -0.588. The molecule has 0 saturated carbocycles. The highest BCUT2D eigenvalue weighted by Gasteiger charge is 2.39. The molecule has 0 aliphatic carbocycles. The third kappa shape index (κ3) is 2.65. The molecule has 3 heterocycles. The molecule has 2 fully saturated rings. The summed E-state index contributed by atoms with van der Waals surface area (Å²) >= 11 is 0. The lowest BCUT2D eigenvalue weighted by Gasteiger charge is -2.36. The number of aromatic nitrogens is 2. The number of likely N-dealkylation sites (tertiary alicyclic amines) is 2. The molecule has 7 nitrogen and oxygen atoms in total. The minimum Gasteiger partial charge on any atom is -0.334 e. The molecule has 2 aliphatic heterocycles. The van der Waals surface area contributed by atoms with Crippen LogP contribution in [0.4, 0.5) is 0 Å². The number of carbonyl (C=O) groups excluding carboxylic acids is 1. The number of nitrogens with zero attached hydrogens (tertiary/aromatic N) is 3. The minimum absolute atomic E-state index is 0.0815. The normalized spacial score (nSPS) is 24.1. The number of amides is 1. The van der Waals surface area contributed by atoms with Gasteiger partial charge in [0.25, 0.3) is 5.91 Å². The van der Waals surface area contributed by atoms with E-state index >= 15 is 0 Å². The van der Waals surface area contributed by atoms with Gasteiger partial charge >= 0.3 is 5.76 Å². The summed E-state index contributed by atoms with van der Waals surface area (Å²) in [6, 6.07) is 7.45. The van der Waals surface area contributed by atoms with Gasteiger partial charge in [-0.25, -0.2) is 4.79 Å². The first-order valence-electron chi connectivity index (χ1n) is 8.28. The zero-order valence-corrected chi connectivity index (χ0v) is 13.6. The molecule has 0 unspecified atom stereocenters. The molecule has 7 heteroatoms. The summed E-state index contributed by atoms with van der Waals surface area (Å²) < 4.78 is 4.51. The van der Waals surface area contributed by atoms with E-state index in [-0.39, 0.29) is 5.91 Å². The second kappa shape index (κ2) is 5.90. The molecule has 1 aromatic heterocycles. The van der Waals surface area contributed by atoms with Gasteiger partial charge in [0.15, 0.2) is 5.82 Å². The molecule has 24 heavy (non-hydrogen) atoms. The summed E-state index contributed by atoms with van der Waals surface area (Å²) in [5.41, 5.74) is 1.38. The van der Waals surface area contributed by atoms with Crippen molar-refractivity contribution in [1.82, 2.24) is 19.9 Å². The van der Waals surface area contributed by atoms with Crippen molar-refractivity contribution in [1.29, 1.82) is 0 Å². The van der Waals surface area contributed by atoms with E-state index in [1.807, 2.05) is 4.90 Å². The van der Waals surface area contributed by atoms with Gasteiger partial charge in [-0.2, -0.15) is 0 Å². The van der Waals surface area contributed by atoms with Crippen LogP contribution in [-0.4, -0.2) is 58.6 Å². The Balaban J connectivity index is 1.53. The number of likely N-dealkylation sites (N-methyl/N-ethyl adjacent to an activating group) is 1. The quantitative estimate of drug-likeness (QED) is 0.895. The lowest BCUT2D eigenvalue weighted by atomic mass is 9.92. The van der Waals surface area contributed by atoms with Crippen LogP contribution in [0.3, 0.4) is 0 Å². The highest BCUT2D eigenvalue weighted by atomic mass is 16.5. The third-order valence-corrected chi connectivity index (χ3v) is 5.17. The van der Waals surface area contributed by atoms with Crippen molar-refractivity contribution in [3.05, 3.63) is 40.4 Å². The van der Waals surface area contributed by atoms with Gasteiger partial charge in [0.1, 0.15) is 0 Å². The number of rotatable bonds is 2. The second-order valence-electron chi connectivity index (χ2n) is 6.69. The molecule has 1 amide bonds. The second-order valence-corrected chi connectivity index (χ2v) is 6.69. The number of fused-ring (bicyclic) bond motifs is 1. The third-order valence-electron chi connectivity index (χ3n) is 5.17. The first-order valence-corrected chi connectivity index (χ1v) is 8.28. The van der Waals surface area contributed by atoms with Crippen LogP contribution < -0.4 is 5.76 Å². The molecule has 4 rings (SSSR count). The van der Waals surface area contributed by atoms with Crippen molar-refractivity contribution in [3.63, 3.8) is 0 Å². The first-order chi connectivity index (χ1) is 11.6. The smallest absolute Gasteiger partial charge is 0.334 e. The fourth-order valence-corrected chi connectivity index (χ4v) is 3.84. The van der Waals surface area contributed by atoms with Crippen molar-refractivity contribution in [2.24, 2.45) is 5.92 Å². The van der Waals surface area contributed by atoms with Crippen molar-refractivity contribution in [2.45, 2.75) is 18.9 Å². The number of carbonyl (C=O) groups is 1. The number of aromatic amines is 1. The maximum absolute atomic E-state index is 12.9. The van der Waals surface area contributed by atoms with E-state index in [4.69, 9.17) is 0 Å². The highest BCUT2D eigenvalue weighted by molar-refractivity contribution is 5.95. The van der Waals surface area contributed by atoms with Gasteiger partial charge in [-0.05, 0) is 44.5 Å². The van der Waals surface area contributed by atoms with E-state index in [1.165, 1.54) is 6.42 Å². The largest absolute Gasteiger partial charge is 0.439 e. The fourth-order valence-electron chi connectivity index (χ4n) is 3.84.